The predicted molar refractivity (Wildman–Crippen MR) is 141 cm³/mol. The Bertz CT molecular complexity index is 1370. The molecule has 3 heterocycles. The van der Waals surface area contributed by atoms with E-state index in [2.05, 4.69) is 20.5 Å². The van der Waals surface area contributed by atoms with Crippen molar-refractivity contribution < 1.29 is 27.9 Å². The highest BCUT2D eigenvalue weighted by Crippen LogP contribution is 2.34. The van der Waals surface area contributed by atoms with Gasteiger partial charge in [0, 0.05) is 24.2 Å². The van der Waals surface area contributed by atoms with Crippen LogP contribution < -0.4 is 10.1 Å². The standard InChI is InChI=1S/C25H25Cl3FN5O5/c1-25(2,3)39-24(36)34-11-14(31-20(35)12-37-15-9-18(29)21(28)30-10-15)5-7-19(34)23-33-32-22(38-23)13-4-6-16(26)17(27)8-13/h4,6,8-10,14,19H,5,7,11-12H2,1-3H3,(H,31,35)/t14-,19+/m0/s1. The summed E-state index contributed by atoms with van der Waals surface area (Å²) in [5.74, 6) is -0.733. The Morgan fingerprint density at radius 2 is 1.92 bits per heavy atom. The van der Waals surface area contributed by atoms with E-state index in [1.807, 2.05) is 0 Å². The summed E-state index contributed by atoms with van der Waals surface area (Å²) < 4.78 is 30.4. The molecule has 208 valence electrons. The van der Waals surface area contributed by atoms with Gasteiger partial charge in [0.05, 0.1) is 16.2 Å². The zero-order chi connectivity index (χ0) is 28.3. The van der Waals surface area contributed by atoms with E-state index in [4.69, 9.17) is 48.7 Å². The molecule has 10 nitrogen and oxygen atoms in total. The summed E-state index contributed by atoms with van der Waals surface area (Å²) in [6, 6.07) is 4.96. The normalized spacial score (nSPS) is 17.6. The van der Waals surface area contributed by atoms with Gasteiger partial charge in [0.15, 0.2) is 17.6 Å². The van der Waals surface area contributed by atoms with Gasteiger partial charge in [-0.05, 0) is 51.8 Å². The monoisotopic (exact) mass is 599 g/mol. The molecular weight excluding hydrogens is 576 g/mol. The number of aromatic nitrogens is 3. The van der Waals surface area contributed by atoms with E-state index in [1.54, 1.807) is 39.0 Å². The molecule has 0 aliphatic carbocycles. The lowest BCUT2D eigenvalue weighted by molar-refractivity contribution is -0.124. The number of carbonyl (C=O) groups excluding carboxylic acids is 2. The van der Waals surface area contributed by atoms with Crippen LogP contribution in [0.3, 0.4) is 0 Å². The SMILES string of the molecule is CC(C)(C)OC(=O)N1C[C@@H](NC(=O)COc2cnc(Cl)c(F)c2)CC[C@@H]1c1nnc(-c2ccc(Cl)c(Cl)c2)o1. The number of pyridine rings is 1. The molecule has 1 aliphatic heterocycles. The number of hydrogen-bond donors (Lipinski definition) is 1. The topological polar surface area (TPSA) is 120 Å². The van der Waals surface area contributed by atoms with Gasteiger partial charge in [-0.15, -0.1) is 10.2 Å². The van der Waals surface area contributed by atoms with E-state index in [0.717, 1.165) is 6.07 Å². The molecule has 0 radical (unpaired) electrons. The zero-order valence-electron chi connectivity index (χ0n) is 21.2. The summed E-state index contributed by atoms with van der Waals surface area (Å²) in [5, 5.41) is 11.5. The maximum absolute atomic E-state index is 13.6. The first kappa shape index (κ1) is 28.8. The molecular formula is C25H25Cl3FN5O5. The quantitative estimate of drug-likeness (QED) is 0.349. The highest BCUT2D eigenvalue weighted by Gasteiger charge is 2.38. The molecule has 0 saturated carbocycles. The largest absolute Gasteiger partial charge is 0.482 e. The number of carbonyl (C=O) groups is 2. The van der Waals surface area contributed by atoms with Crippen LogP contribution in [-0.2, 0) is 9.53 Å². The number of halogens is 4. The lowest BCUT2D eigenvalue weighted by Crippen LogP contribution is -2.52. The zero-order valence-corrected chi connectivity index (χ0v) is 23.5. The Balaban J connectivity index is 1.46. The Morgan fingerprint density at radius 1 is 1.15 bits per heavy atom. The molecule has 4 rings (SSSR count). The van der Waals surface area contributed by atoms with Crippen LogP contribution in [0.4, 0.5) is 9.18 Å². The molecule has 2 atom stereocenters. The van der Waals surface area contributed by atoms with Gasteiger partial charge in [-0.3, -0.25) is 9.69 Å². The molecule has 1 saturated heterocycles. The van der Waals surface area contributed by atoms with E-state index < -0.39 is 35.5 Å². The summed E-state index contributed by atoms with van der Waals surface area (Å²) in [6.45, 7) is 5.00. The first-order valence-electron chi connectivity index (χ1n) is 11.9. The maximum Gasteiger partial charge on any atom is 0.411 e. The van der Waals surface area contributed by atoms with Crippen LogP contribution in [0, 0.1) is 5.82 Å². The molecule has 14 heteroatoms. The molecule has 1 fully saturated rings. The van der Waals surface area contributed by atoms with Crippen molar-refractivity contribution in [1.29, 1.82) is 0 Å². The van der Waals surface area contributed by atoms with E-state index in [-0.39, 0.29) is 35.8 Å². The van der Waals surface area contributed by atoms with Crippen LogP contribution in [0.2, 0.25) is 15.2 Å². The average molecular weight is 601 g/mol. The van der Waals surface area contributed by atoms with E-state index in [1.165, 1.54) is 11.1 Å². The highest BCUT2D eigenvalue weighted by atomic mass is 35.5. The van der Waals surface area contributed by atoms with Crippen LogP contribution in [0.15, 0.2) is 34.9 Å². The summed E-state index contributed by atoms with van der Waals surface area (Å²) in [7, 11) is 0. The third-order valence-electron chi connectivity index (χ3n) is 5.61. The molecule has 0 spiro atoms. The summed E-state index contributed by atoms with van der Waals surface area (Å²) in [6.07, 6.45) is 1.52. The van der Waals surface area contributed by atoms with Crippen LogP contribution in [0.25, 0.3) is 11.5 Å². The smallest absolute Gasteiger partial charge is 0.411 e. The lowest BCUT2D eigenvalue weighted by Gasteiger charge is -2.38. The molecule has 2 amide bonds. The second-order valence-corrected chi connectivity index (χ2v) is 11.0. The van der Waals surface area contributed by atoms with E-state index in [0.29, 0.717) is 28.5 Å². The second kappa shape index (κ2) is 11.9. The number of likely N-dealkylation sites (tertiary alicyclic amines) is 1. The summed E-state index contributed by atoms with van der Waals surface area (Å²) >= 11 is 17.7. The Hall–Kier alpha value is -3.15. The van der Waals surface area contributed by atoms with Crippen molar-refractivity contribution in [2.45, 2.75) is 51.3 Å². The lowest BCUT2D eigenvalue weighted by atomic mass is 9.98. The van der Waals surface area contributed by atoms with Gasteiger partial charge < -0.3 is 19.2 Å². The van der Waals surface area contributed by atoms with Gasteiger partial charge in [0.25, 0.3) is 5.91 Å². The third kappa shape index (κ3) is 7.49. The number of nitrogens with zero attached hydrogens (tertiary/aromatic N) is 4. The molecule has 39 heavy (non-hydrogen) atoms. The minimum absolute atomic E-state index is 0.0558. The molecule has 3 aromatic rings. The van der Waals surface area contributed by atoms with Crippen molar-refractivity contribution in [3.63, 3.8) is 0 Å². The van der Waals surface area contributed by atoms with Crippen LogP contribution in [-0.4, -0.2) is 56.9 Å². The van der Waals surface area contributed by atoms with Crippen LogP contribution >= 0.6 is 34.8 Å². The van der Waals surface area contributed by atoms with Crippen molar-refractivity contribution in [2.24, 2.45) is 0 Å². The molecule has 1 N–H and O–H groups in total. The second-order valence-electron chi connectivity index (χ2n) is 9.80. The molecule has 2 aromatic heterocycles. The molecule has 1 aliphatic rings. The number of ether oxygens (including phenoxy) is 2. The van der Waals surface area contributed by atoms with E-state index in [9.17, 15) is 14.0 Å². The first-order valence-corrected chi connectivity index (χ1v) is 13.0. The van der Waals surface area contributed by atoms with Crippen molar-refractivity contribution in [1.82, 2.24) is 25.4 Å². The fraction of sp³-hybridized carbons (Fsp3) is 0.400. The first-order chi connectivity index (χ1) is 18.4. The number of hydrogen-bond acceptors (Lipinski definition) is 8. The minimum Gasteiger partial charge on any atom is -0.482 e. The van der Waals surface area contributed by atoms with Gasteiger partial charge in [-0.2, -0.15) is 0 Å². The number of nitrogens with one attached hydrogen (secondary N) is 1. The van der Waals surface area contributed by atoms with Gasteiger partial charge in [-0.25, -0.2) is 14.2 Å². The van der Waals surface area contributed by atoms with Crippen LogP contribution in [0.1, 0.15) is 45.5 Å². The number of amides is 2. The minimum atomic E-state index is -0.760. The Labute approximate surface area is 238 Å². The van der Waals surface area contributed by atoms with Crippen molar-refractivity contribution in [2.75, 3.05) is 13.2 Å². The highest BCUT2D eigenvalue weighted by molar-refractivity contribution is 6.42. The molecule has 0 bridgehead atoms. The Kier molecular flexibility index (Phi) is 8.83. The van der Waals surface area contributed by atoms with E-state index >= 15 is 0 Å². The average Bonchev–Trinajstić information content (AvgIpc) is 3.35. The predicted octanol–water partition coefficient (Wildman–Crippen LogP) is 5.87. The summed E-state index contributed by atoms with van der Waals surface area (Å²) in [4.78, 5) is 30.8. The molecule has 0 unspecified atom stereocenters. The number of benzene rings is 1. The number of piperidine rings is 1. The van der Waals surface area contributed by atoms with Gasteiger partial charge in [-0.1, -0.05) is 34.8 Å². The maximum atomic E-state index is 13.6. The van der Waals surface area contributed by atoms with Crippen molar-refractivity contribution in [3.8, 4) is 17.2 Å². The summed E-state index contributed by atoms with van der Waals surface area (Å²) in [5.41, 5.74) is -0.183. The fourth-order valence-electron chi connectivity index (χ4n) is 3.88. The molecule has 1 aromatic carbocycles. The van der Waals surface area contributed by atoms with Crippen molar-refractivity contribution in [3.05, 3.63) is 57.4 Å². The fourth-order valence-corrected chi connectivity index (χ4v) is 4.29. The Morgan fingerprint density at radius 3 is 2.62 bits per heavy atom. The third-order valence-corrected chi connectivity index (χ3v) is 6.63. The number of rotatable bonds is 6. The van der Waals surface area contributed by atoms with Gasteiger partial charge >= 0.3 is 6.09 Å². The van der Waals surface area contributed by atoms with Gasteiger partial charge in [0.1, 0.15) is 17.4 Å². The van der Waals surface area contributed by atoms with Crippen LogP contribution in [0.5, 0.6) is 5.75 Å². The van der Waals surface area contributed by atoms with Crippen molar-refractivity contribution >= 4 is 46.8 Å². The van der Waals surface area contributed by atoms with Gasteiger partial charge in [0.2, 0.25) is 11.8 Å².